The fraction of sp³-hybridized carbons (Fsp3) is 1.00. The van der Waals surface area contributed by atoms with E-state index in [9.17, 15) is 97.0 Å². The van der Waals surface area contributed by atoms with Crippen molar-refractivity contribution in [1.29, 1.82) is 0 Å². The predicted molar refractivity (Wildman–Crippen MR) is 201 cm³/mol. The molecule has 31 nitrogen and oxygen atoms in total. The maximum atomic E-state index is 11.4. The quantitative estimate of drug-likeness (QED) is 0.0643. The molecule has 0 radical (unpaired) electrons. The molecule has 6 heterocycles. The molecule has 21 N–H and O–H groups in total. The third kappa shape index (κ3) is 11.4. The van der Waals surface area contributed by atoms with Gasteiger partial charge in [-0.1, -0.05) is 0 Å². The van der Waals surface area contributed by atoms with Crippen LogP contribution in [0.15, 0.2) is 0 Å². The maximum Gasteiger partial charge on any atom is 0.187 e. The van der Waals surface area contributed by atoms with Crippen molar-refractivity contribution < 1.29 is 149 Å². The molecule has 0 aromatic carbocycles. The SMILES string of the molecule is N[C@@H]1[C@@H](O)[C@H](O[C@H]2O[C@H](CO[C@H]3O[C@H](CO)[C@@H](O)[C@H](O)[C@@H]3O[C@H]3O[C@H](CO)[C@@H](O)[C@H](O)[C@@H]3O[C@H]3O[C@H](CO)[C@@H](O)[C@H](O[C@@H]4O[C@@H]([C@H](O)CO)[C@H](O)[C@H]4O)[C@@H]3O)[C@@H](O)[C@H](O)[C@@H]2O)[C@@H](CO)O[C@@H]1O. The van der Waals surface area contributed by atoms with E-state index in [-0.39, 0.29) is 0 Å². The summed E-state index contributed by atoms with van der Waals surface area (Å²) in [6, 6.07) is -1.47. The lowest BCUT2D eigenvalue weighted by molar-refractivity contribution is -0.399. The third-order valence-corrected chi connectivity index (χ3v) is 12.5. The van der Waals surface area contributed by atoms with Crippen molar-refractivity contribution >= 4 is 0 Å². The van der Waals surface area contributed by atoms with Gasteiger partial charge in [-0.05, 0) is 0 Å². The van der Waals surface area contributed by atoms with E-state index in [0.717, 1.165) is 0 Å². The summed E-state index contributed by atoms with van der Waals surface area (Å²) in [6.45, 7) is -5.56. The molecule has 0 aliphatic carbocycles. The number of hydrogen-bond donors (Lipinski definition) is 20. The third-order valence-electron chi connectivity index (χ3n) is 12.5. The van der Waals surface area contributed by atoms with Crippen molar-refractivity contribution in [2.75, 3.05) is 39.6 Å². The molecule has 0 spiro atoms. The molecule has 0 bridgehead atoms. The first kappa shape index (κ1) is 55.1. The Labute approximate surface area is 378 Å². The molecular formula is C36H63NO30. The van der Waals surface area contributed by atoms with E-state index in [1.165, 1.54) is 0 Å². The Morgan fingerprint density at radius 2 is 0.806 bits per heavy atom. The Kier molecular flexibility index (Phi) is 19.4. The van der Waals surface area contributed by atoms with E-state index in [1.54, 1.807) is 0 Å². The van der Waals surface area contributed by atoms with E-state index in [0.29, 0.717) is 0 Å². The topological polar surface area (TPSA) is 512 Å². The molecule has 6 rings (SSSR count). The monoisotopic (exact) mass is 989 g/mol. The van der Waals surface area contributed by atoms with Gasteiger partial charge in [0.2, 0.25) is 0 Å². The van der Waals surface area contributed by atoms with Gasteiger partial charge in [-0.15, -0.1) is 0 Å². The Balaban J connectivity index is 1.21. The molecule has 0 aromatic heterocycles. The highest BCUT2D eigenvalue weighted by Crippen LogP contribution is 2.36. The first-order chi connectivity index (χ1) is 31.7. The zero-order valence-corrected chi connectivity index (χ0v) is 35.1. The van der Waals surface area contributed by atoms with E-state index < -0.39 is 224 Å². The van der Waals surface area contributed by atoms with Crippen LogP contribution in [0, 0.1) is 0 Å². The van der Waals surface area contributed by atoms with Crippen LogP contribution in [0.5, 0.6) is 0 Å². The summed E-state index contributed by atoms with van der Waals surface area (Å²) >= 11 is 0. The van der Waals surface area contributed by atoms with E-state index in [2.05, 4.69) is 0 Å². The van der Waals surface area contributed by atoms with Gasteiger partial charge in [0.05, 0.1) is 45.7 Å². The molecule has 6 saturated heterocycles. The highest BCUT2D eigenvalue weighted by molar-refractivity contribution is 4.99. The molecule has 6 aliphatic heterocycles. The maximum absolute atomic E-state index is 11.4. The summed E-state index contributed by atoms with van der Waals surface area (Å²) in [5, 5.41) is 200. The van der Waals surface area contributed by atoms with Gasteiger partial charge in [-0.25, -0.2) is 0 Å². The minimum atomic E-state index is -2.18. The Morgan fingerprint density at radius 1 is 0.373 bits per heavy atom. The van der Waals surface area contributed by atoms with Crippen LogP contribution in [-0.4, -0.2) is 321 Å². The summed E-state index contributed by atoms with van der Waals surface area (Å²) in [7, 11) is 0. The number of rotatable bonds is 17. The first-order valence-corrected chi connectivity index (χ1v) is 21.2. The van der Waals surface area contributed by atoms with Crippen molar-refractivity contribution in [2.45, 2.75) is 184 Å². The fourth-order valence-corrected chi connectivity index (χ4v) is 8.42. The summed E-state index contributed by atoms with van der Waals surface area (Å²) in [4.78, 5) is 0. The van der Waals surface area contributed by atoms with Gasteiger partial charge in [0.25, 0.3) is 0 Å². The number of aliphatic hydroxyl groups excluding tert-OH is 19. The van der Waals surface area contributed by atoms with Crippen LogP contribution in [-0.2, 0) is 52.1 Å². The highest BCUT2D eigenvalue weighted by atomic mass is 16.8. The van der Waals surface area contributed by atoms with Crippen LogP contribution in [0.4, 0.5) is 0 Å². The van der Waals surface area contributed by atoms with Gasteiger partial charge in [-0.2, -0.15) is 0 Å². The van der Waals surface area contributed by atoms with Crippen molar-refractivity contribution in [1.82, 2.24) is 0 Å². The number of nitrogens with two attached hydrogens (primary N) is 1. The van der Waals surface area contributed by atoms with Crippen molar-refractivity contribution in [3.05, 3.63) is 0 Å². The van der Waals surface area contributed by atoms with Gasteiger partial charge >= 0.3 is 0 Å². The van der Waals surface area contributed by atoms with Crippen LogP contribution in [0.1, 0.15) is 0 Å². The minimum Gasteiger partial charge on any atom is -0.394 e. The summed E-state index contributed by atoms with van der Waals surface area (Å²) in [6.07, 6.45) is -54.7. The van der Waals surface area contributed by atoms with Crippen LogP contribution >= 0.6 is 0 Å². The molecule has 6 aliphatic rings. The molecule has 30 atom stereocenters. The van der Waals surface area contributed by atoms with Crippen LogP contribution < -0.4 is 5.73 Å². The average Bonchev–Trinajstić information content (AvgIpc) is 3.60. The zero-order valence-electron chi connectivity index (χ0n) is 35.1. The van der Waals surface area contributed by atoms with E-state index in [1.807, 2.05) is 0 Å². The second-order valence-corrected chi connectivity index (χ2v) is 16.9. The fourth-order valence-electron chi connectivity index (χ4n) is 8.42. The molecule has 0 unspecified atom stereocenters. The second-order valence-electron chi connectivity index (χ2n) is 16.9. The zero-order chi connectivity index (χ0) is 49.3. The van der Waals surface area contributed by atoms with Gasteiger partial charge in [-0.3, -0.25) is 0 Å². The predicted octanol–water partition coefficient (Wildman–Crippen LogP) is -14.1. The van der Waals surface area contributed by atoms with Crippen LogP contribution in [0.3, 0.4) is 0 Å². The van der Waals surface area contributed by atoms with Gasteiger partial charge < -0.3 is 155 Å². The minimum absolute atomic E-state index is 0.833. The molecule has 0 saturated carbocycles. The standard InChI is InChI=1S/C36H63NO30/c37-13-18(48)27(11(5-42)58-31(13)56)64-32-23(53)19(49)16(46)12(62-32)6-57-35-29(20(50)14(44)8(2-39)60-35)67-36-30(21(51)15(45)9(3-40)61-36)66-34-25(55)28(17(47)10(4-41)59-34)65-33-24(54)22(52)26(63-33)7(43)1-38/h7-36,38-56H,1-6,37H2/t7-,8-,9-,10-,11-,12-,13-,14-,15-,16-,17-,18-,19+,20+,21+,22-,23+,24-,25+,26+,27-,28+,29+,30+,31+,32-,33+,34-,35+,36-/m1/s1. The van der Waals surface area contributed by atoms with Crippen molar-refractivity contribution in [2.24, 2.45) is 5.73 Å². The van der Waals surface area contributed by atoms with Crippen molar-refractivity contribution in [3.63, 3.8) is 0 Å². The highest BCUT2D eigenvalue weighted by Gasteiger charge is 2.57. The average molecular weight is 990 g/mol. The van der Waals surface area contributed by atoms with Crippen LogP contribution in [0.25, 0.3) is 0 Å². The summed E-state index contributed by atoms with van der Waals surface area (Å²) in [5.74, 6) is 0. The molecule has 0 amide bonds. The van der Waals surface area contributed by atoms with Crippen LogP contribution in [0.2, 0.25) is 0 Å². The number of aliphatic hydroxyl groups is 19. The lowest BCUT2D eigenvalue weighted by Crippen LogP contribution is -2.67. The summed E-state index contributed by atoms with van der Waals surface area (Å²) in [5.41, 5.74) is 5.75. The first-order valence-electron chi connectivity index (χ1n) is 21.2. The van der Waals surface area contributed by atoms with E-state index in [4.69, 9.17) is 57.8 Å². The van der Waals surface area contributed by atoms with Gasteiger partial charge in [0.1, 0.15) is 140 Å². The van der Waals surface area contributed by atoms with Gasteiger partial charge in [0.15, 0.2) is 37.7 Å². The van der Waals surface area contributed by atoms with E-state index >= 15 is 0 Å². The number of ether oxygens (including phenoxy) is 11. The largest absolute Gasteiger partial charge is 0.394 e. The van der Waals surface area contributed by atoms with Crippen molar-refractivity contribution in [3.8, 4) is 0 Å². The molecule has 31 heteroatoms. The molecule has 6 fully saturated rings. The molecule has 0 aromatic rings. The second kappa shape index (κ2) is 23.5. The smallest absolute Gasteiger partial charge is 0.187 e. The lowest BCUT2D eigenvalue weighted by atomic mass is 9.96. The lowest BCUT2D eigenvalue weighted by Gasteiger charge is -2.49. The summed E-state index contributed by atoms with van der Waals surface area (Å²) < 4.78 is 61.7. The molecule has 67 heavy (non-hydrogen) atoms. The number of hydrogen-bond acceptors (Lipinski definition) is 31. The normalized spacial score (nSPS) is 52.6. The Morgan fingerprint density at radius 3 is 1.39 bits per heavy atom. The van der Waals surface area contributed by atoms with Gasteiger partial charge in [0, 0.05) is 0 Å². The molecule has 392 valence electrons. The Hall–Kier alpha value is -1.24. The Bertz CT molecular complexity index is 1510. The molecular weight excluding hydrogens is 926 g/mol.